The number of sulfone groups is 1. The van der Waals surface area contributed by atoms with Gasteiger partial charge in [-0.3, -0.25) is 9.20 Å². The summed E-state index contributed by atoms with van der Waals surface area (Å²) >= 11 is 0. The van der Waals surface area contributed by atoms with Gasteiger partial charge in [0.15, 0.2) is 15.5 Å². The van der Waals surface area contributed by atoms with Crippen molar-refractivity contribution in [3.05, 3.63) is 36.0 Å². The third-order valence-electron chi connectivity index (χ3n) is 4.42. The van der Waals surface area contributed by atoms with Gasteiger partial charge in [-0.05, 0) is 12.1 Å². The molecule has 0 aromatic carbocycles. The van der Waals surface area contributed by atoms with Gasteiger partial charge < -0.3 is 10.2 Å². The third kappa shape index (κ3) is 2.31. The van der Waals surface area contributed by atoms with E-state index in [1.807, 2.05) is 0 Å². The average Bonchev–Trinajstić information content (AvgIpc) is 3.02. The molecule has 2 aromatic heterocycles. The minimum Gasteiger partial charge on any atom is -0.330 e. The van der Waals surface area contributed by atoms with Crippen LogP contribution in [0.15, 0.2) is 24.4 Å². The molecule has 2 saturated heterocycles. The van der Waals surface area contributed by atoms with E-state index in [9.17, 15) is 17.6 Å². The maximum absolute atomic E-state index is 14.4. The van der Waals surface area contributed by atoms with Crippen molar-refractivity contribution >= 4 is 21.4 Å². The van der Waals surface area contributed by atoms with Gasteiger partial charge in [0.2, 0.25) is 5.95 Å². The van der Waals surface area contributed by atoms with Crippen LogP contribution in [0.4, 0.5) is 4.39 Å². The van der Waals surface area contributed by atoms with Crippen LogP contribution in [0.5, 0.6) is 0 Å². The molecule has 2 atom stereocenters. The number of amides is 1. The van der Waals surface area contributed by atoms with E-state index >= 15 is 0 Å². The van der Waals surface area contributed by atoms with E-state index in [4.69, 9.17) is 0 Å². The Morgan fingerprint density at radius 1 is 1.35 bits per heavy atom. The van der Waals surface area contributed by atoms with Crippen LogP contribution in [0.25, 0.3) is 5.65 Å². The van der Waals surface area contributed by atoms with E-state index in [1.54, 1.807) is 18.2 Å². The number of carbonyl (C=O) groups is 1. The monoisotopic (exact) mass is 338 g/mol. The summed E-state index contributed by atoms with van der Waals surface area (Å²) in [4.78, 5) is 18.2. The van der Waals surface area contributed by atoms with Crippen molar-refractivity contribution < 1.29 is 17.6 Å². The van der Waals surface area contributed by atoms with Crippen molar-refractivity contribution in [3.8, 4) is 0 Å². The number of nitrogens with one attached hydrogen (secondary N) is 1. The molecule has 0 saturated carbocycles. The number of aromatic nitrogens is 2. The molecule has 4 rings (SSSR count). The topological polar surface area (TPSA) is 83.8 Å². The van der Waals surface area contributed by atoms with Crippen LogP contribution in [0.2, 0.25) is 0 Å². The highest BCUT2D eigenvalue weighted by atomic mass is 32.2. The molecule has 0 unspecified atom stereocenters. The molecule has 7 nitrogen and oxygen atoms in total. The third-order valence-corrected chi connectivity index (χ3v) is 6.13. The van der Waals surface area contributed by atoms with Gasteiger partial charge in [-0.1, -0.05) is 6.07 Å². The van der Waals surface area contributed by atoms with Crippen LogP contribution in [-0.4, -0.2) is 65.3 Å². The lowest BCUT2D eigenvalue weighted by atomic mass is 10.1. The van der Waals surface area contributed by atoms with E-state index < -0.39 is 27.7 Å². The summed E-state index contributed by atoms with van der Waals surface area (Å²) in [6.07, 6.45) is 1.50. The number of nitrogens with zero attached hydrogens (tertiary/aromatic N) is 3. The molecule has 2 aliphatic heterocycles. The lowest BCUT2D eigenvalue weighted by molar-refractivity contribution is 0.0610. The van der Waals surface area contributed by atoms with E-state index in [-0.39, 0.29) is 23.2 Å². The molecule has 2 aliphatic rings. The van der Waals surface area contributed by atoms with Gasteiger partial charge in [0, 0.05) is 25.3 Å². The Bertz CT molecular complexity index is 895. The van der Waals surface area contributed by atoms with E-state index in [0.717, 1.165) is 0 Å². The van der Waals surface area contributed by atoms with Gasteiger partial charge >= 0.3 is 0 Å². The summed E-state index contributed by atoms with van der Waals surface area (Å²) < 4.78 is 39.3. The fourth-order valence-corrected chi connectivity index (χ4v) is 5.31. The van der Waals surface area contributed by atoms with Crippen molar-refractivity contribution in [2.24, 2.45) is 0 Å². The zero-order valence-corrected chi connectivity index (χ0v) is 13.0. The Kier molecular flexibility index (Phi) is 3.17. The first-order chi connectivity index (χ1) is 11.0. The minimum absolute atomic E-state index is 0.00902. The molecule has 23 heavy (non-hydrogen) atoms. The first-order valence-corrected chi connectivity index (χ1v) is 9.16. The molecule has 9 heteroatoms. The SMILES string of the molecule is O=C(c1nc2ccccn2c1F)N1CCN[C@H]2CS(=O)(=O)C[C@H]21. The summed E-state index contributed by atoms with van der Waals surface area (Å²) in [5, 5.41) is 3.12. The smallest absolute Gasteiger partial charge is 0.277 e. The number of fused-ring (bicyclic) bond motifs is 2. The Labute approximate surface area is 132 Å². The number of halogens is 1. The second-order valence-electron chi connectivity index (χ2n) is 5.88. The molecule has 2 aromatic rings. The van der Waals surface area contributed by atoms with E-state index in [1.165, 1.54) is 15.5 Å². The van der Waals surface area contributed by atoms with Gasteiger partial charge in [-0.25, -0.2) is 13.4 Å². The maximum atomic E-state index is 14.4. The fourth-order valence-electron chi connectivity index (χ4n) is 3.36. The normalized spacial score (nSPS) is 26.4. The predicted octanol–water partition coefficient (Wildman–Crippen LogP) is -0.316. The number of carbonyl (C=O) groups excluding carboxylic acids is 1. The van der Waals surface area contributed by atoms with Crippen molar-refractivity contribution in [2.75, 3.05) is 24.6 Å². The molecule has 0 spiro atoms. The summed E-state index contributed by atoms with van der Waals surface area (Å²) in [6.45, 7) is 0.820. The molecule has 2 fully saturated rings. The van der Waals surface area contributed by atoms with Crippen LogP contribution >= 0.6 is 0 Å². The average molecular weight is 338 g/mol. The molecule has 1 amide bonds. The molecular weight excluding hydrogens is 323 g/mol. The van der Waals surface area contributed by atoms with Crippen LogP contribution in [0.3, 0.4) is 0 Å². The van der Waals surface area contributed by atoms with Crippen molar-refractivity contribution in [1.29, 1.82) is 0 Å². The van der Waals surface area contributed by atoms with Crippen LogP contribution in [0, 0.1) is 5.95 Å². The lowest BCUT2D eigenvalue weighted by Gasteiger charge is -2.36. The van der Waals surface area contributed by atoms with Gasteiger partial charge in [-0.15, -0.1) is 0 Å². The van der Waals surface area contributed by atoms with E-state index in [2.05, 4.69) is 10.3 Å². The number of hydrogen-bond donors (Lipinski definition) is 1. The Balaban J connectivity index is 1.71. The zero-order valence-electron chi connectivity index (χ0n) is 12.1. The lowest BCUT2D eigenvalue weighted by Crippen LogP contribution is -2.59. The first-order valence-electron chi connectivity index (χ1n) is 7.34. The van der Waals surface area contributed by atoms with E-state index in [0.29, 0.717) is 18.7 Å². The predicted molar refractivity (Wildman–Crippen MR) is 80.4 cm³/mol. The summed E-state index contributed by atoms with van der Waals surface area (Å²) in [7, 11) is -3.19. The maximum Gasteiger partial charge on any atom is 0.277 e. The highest BCUT2D eigenvalue weighted by Gasteiger charge is 2.45. The number of pyridine rings is 1. The van der Waals surface area contributed by atoms with Crippen LogP contribution < -0.4 is 5.32 Å². The van der Waals surface area contributed by atoms with Gasteiger partial charge in [-0.2, -0.15) is 4.39 Å². The first kappa shape index (κ1) is 14.6. The Hall–Kier alpha value is -2.00. The number of hydrogen-bond acceptors (Lipinski definition) is 5. The second-order valence-corrected chi connectivity index (χ2v) is 8.04. The Morgan fingerprint density at radius 2 is 2.17 bits per heavy atom. The van der Waals surface area contributed by atoms with Gasteiger partial charge in [0.1, 0.15) is 5.65 Å². The Morgan fingerprint density at radius 3 is 2.96 bits per heavy atom. The summed E-state index contributed by atoms with van der Waals surface area (Å²) in [6, 6.07) is 4.21. The van der Waals surface area contributed by atoms with Gasteiger partial charge in [0.25, 0.3) is 5.91 Å². The number of rotatable bonds is 1. The number of piperazine rings is 1. The van der Waals surface area contributed by atoms with Crippen molar-refractivity contribution in [2.45, 2.75) is 12.1 Å². The standard InChI is InChI=1S/C14H15FN4O3S/c15-13-12(17-11-3-1-2-5-19(11)13)14(20)18-6-4-16-9-7-23(21,22)8-10(9)18/h1-3,5,9-10,16H,4,6-8H2/t9-,10+/m0/s1. The molecule has 0 aliphatic carbocycles. The fraction of sp³-hybridized carbons (Fsp3) is 0.429. The minimum atomic E-state index is -3.19. The quantitative estimate of drug-likeness (QED) is 0.771. The highest BCUT2D eigenvalue weighted by molar-refractivity contribution is 7.91. The van der Waals surface area contributed by atoms with Crippen LogP contribution in [-0.2, 0) is 9.84 Å². The van der Waals surface area contributed by atoms with Gasteiger partial charge in [0.05, 0.1) is 17.5 Å². The number of imidazole rings is 1. The van der Waals surface area contributed by atoms with Crippen LogP contribution in [0.1, 0.15) is 10.5 Å². The molecule has 0 bridgehead atoms. The zero-order chi connectivity index (χ0) is 16.2. The largest absolute Gasteiger partial charge is 0.330 e. The molecule has 1 N–H and O–H groups in total. The summed E-state index contributed by atoms with van der Waals surface area (Å²) in [5.41, 5.74) is 0.0835. The highest BCUT2D eigenvalue weighted by Crippen LogP contribution is 2.24. The second kappa shape index (κ2) is 5.00. The van der Waals surface area contributed by atoms with Crippen molar-refractivity contribution in [3.63, 3.8) is 0 Å². The summed E-state index contributed by atoms with van der Waals surface area (Å²) in [5.74, 6) is -1.36. The molecule has 4 heterocycles. The van der Waals surface area contributed by atoms with Crippen molar-refractivity contribution in [1.82, 2.24) is 19.6 Å². The molecule has 0 radical (unpaired) electrons. The molecular formula is C14H15FN4O3S. The molecule has 122 valence electrons.